The summed E-state index contributed by atoms with van der Waals surface area (Å²) in [5, 5.41) is 5.54. The molecule has 19 heavy (non-hydrogen) atoms. The Morgan fingerprint density at radius 2 is 2.37 bits per heavy atom. The summed E-state index contributed by atoms with van der Waals surface area (Å²) in [4.78, 5) is 18.8. The predicted molar refractivity (Wildman–Crippen MR) is 73.3 cm³/mol. The van der Waals surface area contributed by atoms with Crippen LogP contribution in [0.25, 0.3) is 10.9 Å². The van der Waals surface area contributed by atoms with Gasteiger partial charge in [0, 0.05) is 22.5 Å². The Labute approximate surface area is 113 Å². The van der Waals surface area contributed by atoms with E-state index in [1.807, 2.05) is 29.8 Å². The first-order valence-corrected chi connectivity index (χ1v) is 6.65. The van der Waals surface area contributed by atoms with Crippen LogP contribution < -0.4 is 10.1 Å². The molecule has 2 heterocycles. The lowest BCUT2D eigenvalue weighted by molar-refractivity contribution is 0.200. The lowest BCUT2D eigenvalue weighted by Crippen LogP contribution is -2.26. The minimum Gasteiger partial charge on any atom is -0.410 e. The van der Waals surface area contributed by atoms with E-state index < -0.39 is 6.09 Å². The second-order valence-corrected chi connectivity index (χ2v) is 4.67. The third-order valence-corrected chi connectivity index (χ3v) is 3.27. The molecule has 0 aliphatic rings. The van der Waals surface area contributed by atoms with E-state index in [0.717, 1.165) is 16.6 Å². The van der Waals surface area contributed by atoms with Crippen molar-refractivity contribution in [3.05, 3.63) is 47.0 Å². The number of rotatable bonds is 3. The van der Waals surface area contributed by atoms with E-state index in [2.05, 4.69) is 15.3 Å². The van der Waals surface area contributed by atoms with Crippen molar-refractivity contribution < 1.29 is 9.53 Å². The second kappa shape index (κ2) is 5.11. The summed E-state index contributed by atoms with van der Waals surface area (Å²) >= 11 is 1.49. The van der Waals surface area contributed by atoms with Crippen LogP contribution >= 0.6 is 11.3 Å². The Morgan fingerprint density at radius 3 is 3.21 bits per heavy atom. The van der Waals surface area contributed by atoms with Crippen LogP contribution in [-0.4, -0.2) is 16.1 Å². The number of hydrogen-bond acceptors (Lipinski definition) is 4. The highest BCUT2D eigenvalue weighted by Crippen LogP contribution is 2.19. The fourth-order valence-corrected chi connectivity index (χ4v) is 2.28. The number of nitrogens with one attached hydrogen (secondary N) is 2. The summed E-state index contributed by atoms with van der Waals surface area (Å²) in [5.74, 6) is 0.517. The Hall–Kier alpha value is -2.34. The van der Waals surface area contributed by atoms with E-state index in [4.69, 9.17) is 4.74 Å². The van der Waals surface area contributed by atoms with Crippen molar-refractivity contribution in [3.8, 4) is 5.75 Å². The van der Waals surface area contributed by atoms with Crippen molar-refractivity contribution in [2.75, 3.05) is 0 Å². The van der Waals surface area contributed by atoms with Crippen molar-refractivity contribution in [1.82, 2.24) is 15.3 Å². The van der Waals surface area contributed by atoms with E-state index in [9.17, 15) is 4.79 Å². The summed E-state index contributed by atoms with van der Waals surface area (Å²) in [7, 11) is 0. The topological polar surface area (TPSA) is 67.0 Å². The molecule has 3 rings (SSSR count). The number of aromatic nitrogens is 2. The Bertz CT molecular complexity index is 691. The standard InChI is InChI=1S/C13H11N3O2S/c17-13(15-6-10-7-19-8-16-10)18-11-1-2-12-9(5-11)3-4-14-12/h1-5,7-8,14H,6H2,(H,15,17). The van der Waals surface area contributed by atoms with Crippen molar-refractivity contribution >= 4 is 28.3 Å². The van der Waals surface area contributed by atoms with Gasteiger partial charge >= 0.3 is 6.09 Å². The van der Waals surface area contributed by atoms with Gasteiger partial charge in [-0.3, -0.25) is 0 Å². The smallest absolute Gasteiger partial charge is 0.410 e. The molecule has 2 aromatic heterocycles. The lowest BCUT2D eigenvalue weighted by Gasteiger charge is -2.05. The van der Waals surface area contributed by atoms with Gasteiger partial charge in [-0.05, 0) is 24.3 Å². The summed E-state index contributed by atoms with van der Waals surface area (Å²) in [6, 6.07) is 7.36. The van der Waals surface area contributed by atoms with Gasteiger partial charge in [-0.15, -0.1) is 11.3 Å². The highest BCUT2D eigenvalue weighted by molar-refractivity contribution is 7.07. The van der Waals surface area contributed by atoms with Crippen molar-refractivity contribution in [2.24, 2.45) is 0 Å². The van der Waals surface area contributed by atoms with Crippen LogP contribution in [-0.2, 0) is 6.54 Å². The number of amides is 1. The van der Waals surface area contributed by atoms with Gasteiger partial charge in [0.25, 0.3) is 0 Å². The molecule has 0 saturated carbocycles. The van der Waals surface area contributed by atoms with Gasteiger partial charge < -0.3 is 15.0 Å². The third kappa shape index (κ3) is 2.74. The summed E-state index contributed by atoms with van der Waals surface area (Å²) in [6.45, 7) is 0.370. The maximum absolute atomic E-state index is 11.6. The first-order chi connectivity index (χ1) is 9.31. The van der Waals surface area contributed by atoms with E-state index in [1.165, 1.54) is 11.3 Å². The first kappa shape index (κ1) is 11.7. The van der Waals surface area contributed by atoms with Crippen molar-refractivity contribution in [3.63, 3.8) is 0 Å². The van der Waals surface area contributed by atoms with Crippen LogP contribution in [0.2, 0.25) is 0 Å². The molecule has 2 N–H and O–H groups in total. The van der Waals surface area contributed by atoms with Crippen LogP contribution in [0.3, 0.4) is 0 Å². The molecule has 5 nitrogen and oxygen atoms in total. The van der Waals surface area contributed by atoms with Gasteiger partial charge in [0.05, 0.1) is 17.7 Å². The molecule has 1 aromatic carbocycles. The largest absolute Gasteiger partial charge is 0.412 e. The van der Waals surface area contributed by atoms with Crippen molar-refractivity contribution in [2.45, 2.75) is 6.54 Å². The number of fused-ring (bicyclic) bond motifs is 1. The van der Waals surface area contributed by atoms with E-state index in [0.29, 0.717) is 12.3 Å². The zero-order chi connectivity index (χ0) is 13.1. The minimum atomic E-state index is -0.483. The molecule has 0 bridgehead atoms. The maximum atomic E-state index is 11.6. The fraction of sp³-hybridized carbons (Fsp3) is 0.0769. The van der Waals surface area contributed by atoms with Crippen LogP contribution in [0, 0.1) is 0 Å². The SMILES string of the molecule is O=C(NCc1cscn1)Oc1ccc2[nH]ccc2c1. The van der Waals surface area contributed by atoms with Crippen molar-refractivity contribution in [1.29, 1.82) is 0 Å². The summed E-state index contributed by atoms with van der Waals surface area (Å²) < 4.78 is 5.20. The third-order valence-electron chi connectivity index (χ3n) is 2.63. The lowest BCUT2D eigenvalue weighted by atomic mass is 10.2. The highest BCUT2D eigenvalue weighted by Gasteiger charge is 2.06. The van der Waals surface area contributed by atoms with Crippen LogP contribution in [0.5, 0.6) is 5.75 Å². The number of ether oxygens (including phenoxy) is 1. The number of carbonyl (C=O) groups is 1. The Kier molecular flexibility index (Phi) is 3.16. The van der Waals surface area contributed by atoms with Gasteiger partial charge in [0.1, 0.15) is 5.75 Å². The van der Waals surface area contributed by atoms with Crippen LogP contribution in [0.1, 0.15) is 5.69 Å². The van der Waals surface area contributed by atoms with Crippen LogP contribution in [0.4, 0.5) is 4.79 Å². The zero-order valence-electron chi connectivity index (χ0n) is 9.92. The number of hydrogen-bond donors (Lipinski definition) is 2. The molecular formula is C13H11N3O2S. The van der Waals surface area contributed by atoms with E-state index in [1.54, 1.807) is 11.6 Å². The second-order valence-electron chi connectivity index (χ2n) is 3.95. The Balaban J connectivity index is 1.62. The molecule has 0 aliphatic heterocycles. The van der Waals surface area contributed by atoms with Gasteiger partial charge in [0.2, 0.25) is 0 Å². The van der Waals surface area contributed by atoms with E-state index >= 15 is 0 Å². The molecule has 0 atom stereocenters. The van der Waals surface area contributed by atoms with Crippen LogP contribution in [0.15, 0.2) is 41.4 Å². The quantitative estimate of drug-likeness (QED) is 0.771. The zero-order valence-corrected chi connectivity index (χ0v) is 10.7. The molecule has 0 radical (unpaired) electrons. The Morgan fingerprint density at radius 1 is 1.42 bits per heavy atom. The molecule has 3 aromatic rings. The van der Waals surface area contributed by atoms with Gasteiger partial charge in [0.15, 0.2) is 0 Å². The monoisotopic (exact) mass is 273 g/mol. The average molecular weight is 273 g/mol. The number of nitrogens with zero attached hydrogens (tertiary/aromatic N) is 1. The molecule has 0 saturated heterocycles. The van der Waals surface area contributed by atoms with Gasteiger partial charge in [-0.2, -0.15) is 0 Å². The molecular weight excluding hydrogens is 262 g/mol. The molecule has 0 spiro atoms. The first-order valence-electron chi connectivity index (χ1n) is 5.71. The summed E-state index contributed by atoms with van der Waals surface area (Å²) in [6.07, 6.45) is 1.36. The molecule has 6 heteroatoms. The molecule has 0 fully saturated rings. The molecule has 0 aliphatic carbocycles. The molecule has 0 unspecified atom stereocenters. The summed E-state index contributed by atoms with van der Waals surface area (Å²) in [5.41, 5.74) is 3.56. The fourth-order valence-electron chi connectivity index (χ4n) is 1.73. The van der Waals surface area contributed by atoms with Gasteiger partial charge in [-0.25, -0.2) is 9.78 Å². The number of benzene rings is 1. The molecule has 1 amide bonds. The predicted octanol–water partition coefficient (Wildman–Crippen LogP) is 2.91. The van der Waals surface area contributed by atoms with Gasteiger partial charge in [-0.1, -0.05) is 0 Å². The minimum absolute atomic E-state index is 0.370. The number of carbonyl (C=O) groups excluding carboxylic acids is 1. The van der Waals surface area contributed by atoms with E-state index in [-0.39, 0.29) is 0 Å². The normalized spacial score (nSPS) is 10.5. The number of H-pyrrole nitrogens is 1. The number of aromatic amines is 1. The number of thiazole rings is 1. The maximum Gasteiger partial charge on any atom is 0.412 e. The highest BCUT2D eigenvalue weighted by atomic mass is 32.1. The average Bonchev–Trinajstić information content (AvgIpc) is 3.07. The molecule has 96 valence electrons.